The molecule has 1 heterocycles. The molecule has 4 rings (SSSR count). The Hall–Kier alpha value is -1.67. The number of pyridine rings is 1. The van der Waals surface area contributed by atoms with Crippen LogP contribution in [0, 0.1) is 18.8 Å². The van der Waals surface area contributed by atoms with E-state index >= 15 is 0 Å². The van der Waals surface area contributed by atoms with E-state index < -0.39 is 0 Å². The normalized spacial score (nSPS) is 27.6. The van der Waals surface area contributed by atoms with E-state index in [4.69, 9.17) is 0 Å². The molecular formula is C19H22N2. The highest BCUT2D eigenvalue weighted by atomic mass is 14.9. The Balaban J connectivity index is 1.64. The van der Waals surface area contributed by atoms with Crippen LogP contribution in [-0.4, -0.2) is 12.0 Å². The third-order valence-electron chi connectivity index (χ3n) is 5.38. The zero-order valence-electron chi connectivity index (χ0n) is 12.7. The van der Waals surface area contributed by atoms with Crippen LogP contribution in [0.1, 0.15) is 40.8 Å². The van der Waals surface area contributed by atoms with Crippen LogP contribution >= 0.6 is 0 Å². The monoisotopic (exact) mass is 278 g/mol. The molecule has 2 heteroatoms. The van der Waals surface area contributed by atoms with Crippen LogP contribution in [0.3, 0.4) is 0 Å². The first kappa shape index (κ1) is 13.0. The van der Waals surface area contributed by atoms with E-state index in [2.05, 4.69) is 53.7 Å². The first-order valence-electron chi connectivity index (χ1n) is 7.97. The lowest BCUT2D eigenvalue weighted by Gasteiger charge is -2.17. The van der Waals surface area contributed by atoms with Gasteiger partial charge in [0.2, 0.25) is 0 Å². The van der Waals surface area contributed by atoms with E-state index in [-0.39, 0.29) is 0 Å². The third kappa shape index (κ3) is 2.09. The topological polar surface area (TPSA) is 24.9 Å². The minimum Gasteiger partial charge on any atom is -0.313 e. The van der Waals surface area contributed by atoms with Crippen molar-refractivity contribution in [3.8, 4) is 0 Å². The third-order valence-corrected chi connectivity index (χ3v) is 5.38. The van der Waals surface area contributed by atoms with Gasteiger partial charge in [0.25, 0.3) is 0 Å². The standard InChI is InChI=1S/C19H22N2/c1-12-7-8-14(11-21-12)19(20-2)18-16-10-9-13-5-3-4-6-15(13)17(16)18/h3-8,11,16-20H,9-10H2,1-2H3. The van der Waals surface area contributed by atoms with Crippen LogP contribution in [0.4, 0.5) is 0 Å². The number of hydrogen-bond acceptors (Lipinski definition) is 2. The molecule has 1 N–H and O–H groups in total. The molecule has 2 aliphatic carbocycles. The van der Waals surface area contributed by atoms with Gasteiger partial charge in [-0.1, -0.05) is 30.3 Å². The summed E-state index contributed by atoms with van der Waals surface area (Å²) in [6.07, 6.45) is 4.63. The number of rotatable bonds is 3. The summed E-state index contributed by atoms with van der Waals surface area (Å²) in [4.78, 5) is 4.48. The van der Waals surface area contributed by atoms with Gasteiger partial charge in [-0.3, -0.25) is 4.98 Å². The Labute approximate surface area is 126 Å². The van der Waals surface area contributed by atoms with Crippen molar-refractivity contribution in [2.24, 2.45) is 11.8 Å². The summed E-state index contributed by atoms with van der Waals surface area (Å²) in [5.41, 5.74) is 5.59. The van der Waals surface area contributed by atoms with Crippen LogP contribution in [0.15, 0.2) is 42.6 Å². The predicted octanol–water partition coefficient (Wildman–Crippen LogP) is 3.63. The van der Waals surface area contributed by atoms with Crippen molar-refractivity contribution in [2.75, 3.05) is 7.05 Å². The highest BCUT2D eigenvalue weighted by Gasteiger charge is 2.56. The average molecular weight is 278 g/mol. The maximum absolute atomic E-state index is 4.48. The molecule has 1 aromatic carbocycles. The molecule has 21 heavy (non-hydrogen) atoms. The number of hydrogen-bond donors (Lipinski definition) is 1. The lowest BCUT2D eigenvalue weighted by atomic mass is 9.92. The zero-order valence-corrected chi connectivity index (χ0v) is 12.7. The van der Waals surface area contributed by atoms with Gasteiger partial charge in [0.15, 0.2) is 0 Å². The molecule has 0 saturated heterocycles. The van der Waals surface area contributed by atoms with Crippen LogP contribution in [0.2, 0.25) is 0 Å². The van der Waals surface area contributed by atoms with Crippen molar-refractivity contribution < 1.29 is 0 Å². The van der Waals surface area contributed by atoms with Gasteiger partial charge in [0.1, 0.15) is 0 Å². The van der Waals surface area contributed by atoms with Crippen LogP contribution in [0.5, 0.6) is 0 Å². The molecule has 0 amide bonds. The summed E-state index contributed by atoms with van der Waals surface area (Å²) >= 11 is 0. The van der Waals surface area contributed by atoms with Gasteiger partial charge in [-0.05, 0) is 67.3 Å². The average Bonchev–Trinajstić information content (AvgIpc) is 3.25. The maximum atomic E-state index is 4.48. The number of aromatic nitrogens is 1. The van der Waals surface area contributed by atoms with Crippen LogP contribution < -0.4 is 5.32 Å². The van der Waals surface area contributed by atoms with Crippen molar-refractivity contribution in [3.05, 3.63) is 65.0 Å². The van der Waals surface area contributed by atoms with Crippen LogP contribution in [0.25, 0.3) is 0 Å². The summed E-state index contributed by atoms with van der Waals surface area (Å²) in [6.45, 7) is 2.05. The van der Waals surface area contributed by atoms with E-state index in [1.165, 1.54) is 18.4 Å². The molecule has 4 unspecified atom stereocenters. The molecule has 0 bridgehead atoms. The Morgan fingerprint density at radius 2 is 2.05 bits per heavy atom. The summed E-state index contributed by atoms with van der Waals surface area (Å²) in [5, 5.41) is 3.55. The van der Waals surface area contributed by atoms with Crippen molar-refractivity contribution in [2.45, 2.75) is 31.7 Å². The van der Waals surface area contributed by atoms with Crippen molar-refractivity contribution in [3.63, 3.8) is 0 Å². The van der Waals surface area contributed by atoms with Gasteiger partial charge in [0.05, 0.1) is 0 Å². The van der Waals surface area contributed by atoms with Gasteiger partial charge >= 0.3 is 0 Å². The number of nitrogens with zero attached hydrogens (tertiary/aromatic N) is 1. The molecule has 0 radical (unpaired) electrons. The quantitative estimate of drug-likeness (QED) is 0.927. The molecule has 0 spiro atoms. The number of nitrogens with one attached hydrogen (secondary N) is 1. The van der Waals surface area contributed by atoms with Crippen molar-refractivity contribution in [1.82, 2.24) is 10.3 Å². The molecule has 4 atom stereocenters. The second-order valence-corrected chi connectivity index (χ2v) is 6.50. The summed E-state index contributed by atoms with van der Waals surface area (Å²) in [5.74, 6) is 2.32. The second kappa shape index (κ2) is 4.96. The fraction of sp³-hybridized carbons (Fsp3) is 0.421. The number of benzene rings is 1. The van der Waals surface area contributed by atoms with Crippen LogP contribution in [-0.2, 0) is 6.42 Å². The molecule has 1 aromatic heterocycles. The number of aryl methyl sites for hydroxylation is 2. The first-order valence-corrected chi connectivity index (χ1v) is 7.97. The lowest BCUT2D eigenvalue weighted by molar-refractivity contribution is 0.483. The fourth-order valence-corrected chi connectivity index (χ4v) is 4.32. The highest BCUT2D eigenvalue weighted by Crippen LogP contribution is 2.64. The first-order chi connectivity index (χ1) is 10.3. The second-order valence-electron chi connectivity index (χ2n) is 6.50. The minimum absolute atomic E-state index is 0.430. The van der Waals surface area contributed by atoms with Crippen molar-refractivity contribution >= 4 is 0 Å². The van der Waals surface area contributed by atoms with Gasteiger partial charge in [-0.15, -0.1) is 0 Å². The Bertz CT molecular complexity index is 647. The van der Waals surface area contributed by atoms with E-state index in [1.807, 2.05) is 13.1 Å². The molecule has 1 fully saturated rings. The predicted molar refractivity (Wildman–Crippen MR) is 85.3 cm³/mol. The van der Waals surface area contributed by atoms with Gasteiger partial charge in [0, 0.05) is 17.9 Å². The Kier molecular flexibility index (Phi) is 3.07. The zero-order chi connectivity index (χ0) is 14.4. The molecule has 2 aromatic rings. The summed E-state index contributed by atoms with van der Waals surface area (Å²) in [7, 11) is 2.08. The van der Waals surface area contributed by atoms with Gasteiger partial charge in [-0.2, -0.15) is 0 Å². The van der Waals surface area contributed by atoms with E-state index in [0.717, 1.165) is 23.4 Å². The molecule has 108 valence electrons. The smallest absolute Gasteiger partial charge is 0.0372 e. The van der Waals surface area contributed by atoms with Gasteiger partial charge in [-0.25, -0.2) is 0 Å². The SMILES string of the molecule is CNC(c1ccc(C)nc1)C1C2CCc3ccccc3C21. The lowest BCUT2D eigenvalue weighted by Crippen LogP contribution is -2.20. The molecule has 1 saturated carbocycles. The molecular weight excluding hydrogens is 256 g/mol. The van der Waals surface area contributed by atoms with E-state index in [0.29, 0.717) is 6.04 Å². The largest absolute Gasteiger partial charge is 0.313 e. The minimum atomic E-state index is 0.430. The number of fused-ring (bicyclic) bond motifs is 3. The maximum Gasteiger partial charge on any atom is 0.0372 e. The molecule has 2 nitrogen and oxygen atoms in total. The van der Waals surface area contributed by atoms with Gasteiger partial charge < -0.3 is 5.32 Å². The Morgan fingerprint density at radius 3 is 2.81 bits per heavy atom. The van der Waals surface area contributed by atoms with Crippen molar-refractivity contribution in [1.29, 1.82) is 0 Å². The van der Waals surface area contributed by atoms with E-state index in [1.54, 1.807) is 11.1 Å². The Morgan fingerprint density at radius 1 is 1.19 bits per heavy atom. The fourth-order valence-electron chi connectivity index (χ4n) is 4.32. The molecule has 0 aliphatic heterocycles. The molecule has 2 aliphatic rings. The summed E-state index contributed by atoms with van der Waals surface area (Å²) < 4.78 is 0. The summed E-state index contributed by atoms with van der Waals surface area (Å²) in [6, 6.07) is 13.8. The highest BCUT2D eigenvalue weighted by molar-refractivity contribution is 5.41. The van der Waals surface area contributed by atoms with E-state index in [9.17, 15) is 0 Å².